The molecule has 0 saturated heterocycles. The van der Waals surface area contributed by atoms with Gasteiger partial charge in [-0.05, 0) is 48.9 Å². The topological polar surface area (TPSA) is 49.3 Å². The van der Waals surface area contributed by atoms with E-state index in [1.165, 1.54) is 12.1 Å². The summed E-state index contributed by atoms with van der Waals surface area (Å²) in [6, 6.07) is 6.26. The molecule has 1 amide bonds. The highest BCUT2D eigenvalue weighted by atomic mass is 35.5. The lowest BCUT2D eigenvalue weighted by Gasteiger charge is -2.14. The summed E-state index contributed by atoms with van der Waals surface area (Å²) in [4.78, 5) is 11.8. The number of nitrogens with one attached hydrogen (secondary N) is 1. The number of aromatic hydroxyl groups is 1. The van der Waals surface area contributed by atoms with Crippen LogP contribution in [0, 0.1) is 5.41 Å². The third kappa shape index (κ3) is 3.13. The molecule has 0 bridgehead atoms. The number of benzene rings is 1. The molecule has 4 heteroatoms. The largest absolute Gasteiger partial charge is 0.508 e. The number of hydrogen-bond acceptors (Lipinski definition) is 2. The SMILES string of the molecule is O=C(NCC1(CCCl)CC1)c1ccc(O)cc1. The lowest BCUT2D eigenvalue weighted by Crippen LogP contribution is -2.30. The third-order valence-corrected chi connectivity index (χ3v) is 3.52. The number of halogens is 1. The monoisotopic (exact) mass is 253 g/mol. The number of alkyl halides is 1. The highest BCUT2D eigenvalue weighted by molar-refractivity contribution is 6.17. The number of carbonyl (C=O) groups is 1. The molecule has 2 N–H and O–H groups in total. The lowest BCUT2D eigenvalue weighted by atomic mass is 10.0. The minimum Gasteiger partial charge on any atom is -0.508 e. The highest BCUT2D eigenvalue weighted by Crippen LogP contribution is 2.48. The van der Waals surface area contributed by atoms with Crippen molar-refractivity contribution in [2.24, 2.45) is 5.41 Å². The van der Waals surface area contributed by atoms with Crippen molar-refractivity contribution in [3.8, 4) is 5.75 Å². The number of rotatable bonds is 5. The van der Waals surface area contributed by atoms with Crippen LogP contribution in [0.25, 0.3) is 0 Å². The Morgan fingerprint density at radius 3 is 2.53 bits per heavy atom. The van der Waals surface area contributed by atoms with Gasteiger partial charge in [-0.15, -0.1) is 11.6 Å². The molecule has 0 radical (unpaired) electrons. The summed E-state index contributed by atoms with van der Waals surface area (Å²) < 4.78 is 0. The first kappa shape index (κ1) is 12.2. The molecular weight excluding hydrogens is 238 g/mol. The molecule has 1 aliphatic carbocycles. The fourth-order valence-electron chi connectivity index (χ4n) is 1.88. The minimum absolute atomic E-state index is 0.0918. The first-order valence-corrected chi connectivity index (χ1v) is 6.32. The summed E-state index contributed by atoms with van der Waals surface area (Å²) in [6.45, 7) is 0.694. The van der Waals surface area contributed by atoms with Crippen molar-refractivity contribution in [2.45, 2.75) is 19.3 Å². The van der Waals surface area contributed by atoms with Crippen LogP contribution in [0.2, 0.25) is 0 Å². The quantitative estimate of drug-likeness (QED) is 0.793. The molecule has 92 valence electrons. The van der Waals surface area contributed by atoms with E-state index < -0.39 is 0 Å². The fourth-order valence-corrected chi connectivity index (χ4v) is 2.28. The van der Waals surface area contributed by atoms with Crippen LogP contribution in [0.15, 0.2) is 24.3 Å². The summed E-state index contributed by atoms with van der Waals surface area (Å²) in [6.07, 6.45) is 3.26. The number of hydrogen-bond donors (Lipinski definition) is 2. The first-order chi connectivity index (χ1) is 8.15. The molecule has 0 spiro atoms. The Kier molecular flexibility index (Phi) is 3.57. The van der Waals surface area contributed by atoms with Crippen molar-refractivity contribution in [3.63, 3.8) is 0 Å². The Balaban J connectivity index is 1.87. The number of carbonyl (C=O) groups excluding carboxylic acids is 1. The van der Waals surface area contributed by atoms with E-state index in [-0.39, 0.29) is 17.1 Å². The molecule has 0 aliphatic heterocycles. The van der Waals surface area contributed by atoms with Crippen LogP contribution in [0.1, 0.15) is 29.6 Å². The van der Waals surface area contributed by atoms with Crippen LogP contribution in [0.4, 0.5) is 0 Å². The van der Waals surface area contributed by atoms with Crippen LogP contribution in [0.5, 0.6) is 5.75 Å². The molecule has 1 aromatic rings. The van der Waals surface area contributed by atoms with Crippen molar-refractivity contribution in [3.05, 3.63) is 29.8 Å². The summed E-state index contributed by atoms with van der Waals surface area (Å²) in [5, 5.41) is 12.1. The Morgan fingerprint density at radius 2 is 2.00 bits per heavy atom. The van der Waals surface area contributed by atoms with Gasteiger partial charge < -0.3 is 10.4 Å². The predicted molar refractivity (Wildman–Crippen MR) is 67.4 cm³/mol. The summed E-state index contributed by atoms with van der Waals surface area (Å²) in [7, 11) is 0. The minimum atomic E-state index is -0.0918. The van der Waals surface area contributed by atoms with Gasteiger partial charge in [0.2, 0.25) is 0 Å². The van der Waals surface area contributed by atoms with Crippen molar-refractivity contribution >= 4 is 17.5 Å². The molecular formula is C13H16ClNO2. The van der Waals surface area contributed by atoms with Gasteiger partial charge in [0.25, 0.3) is 5.91 Å². The lowest BCUT2D eigenvalue weighted by molar-refractivity contribution is 0.0944. The zero-order valence-corrected chi connectivity index (χ0v) is 10.3. The van der Waals surface area contributed by atoms with Gasteiger partial charge >= 0.3 is 0 Å². The summed E-state index contributed by atoms with van der Waals surface area (Å²) in [5.74, 6) is 0.725. The zero-order chi connectivity index (χ0) is 12.3. The molecule has 2 rings (SSSR count). The van der Waals surface area contributed by atoms with E-state index in [1.807, 2.05) is 0 Å². The molecule has 1 aromatic carbocycles. The van der Waals surface area contributed by atoms with E-state index >= 15 is 0 Å². The number of amides is 1. The average Bonchev–Trinajstić information content (AvgIpc) is 3.08. The first-order valence-electron chi connectivity index (χ1n) is 5.78. The highest BCUT2D eigenvalue weighted by Gasteiger charge is 2.41. The predicted octanol–water partition coefficient (Wildman–Crippen LogP) is 2.53. The van der Waals surface area contributed by atoms with Crippen molar-refractivity contribution in [2.75, 3.05) is 12.4 Å². The van der Waals surface area contributed by atoms with Gasteiger partial charge in [0.05, 0.1) is 0 Å². The molecule has 1 aliphatic rings. The number of phenols is 1. The molecule has 0 unspecified atom stereocenters. The molecule has 0 heterocycles. The van der Waals surface area contributed by atoms with Crippen LogP contribution in [0.3, 0.4) is 0 Å². The number of phenolic OH excluding ortho intramolecular Hbond substituents is 1. The second kappa shape index (κ2) is 4.96. The molecule has 0 atom stereocenters. The normalized spacial score (nSPS) is 16.5. The molecule has 1 saturated carbocycles. The molecule has 0 aromatic heterocycles. The third-order valence-electron chi connectivity index (χ3n) is 3.34. The smallest absolute Gasteiger partial charge is 0.251 e. The second-order valence-electron chi connectivity index (χ2n) is 4.67. The standard InChI is InChI=1S/C13H16ClNO2/c14-8-7-13(5-6-13)9-15-12(17)10-1-3-11(16)4-2-10/h1-4,16H,5-9H2,(H,15,17). The van der Waals surface area contributed by atoms with Gasteiger partial charge in [0.1, 0.15) is 5.75 Å². The van der Waals surface area contributed by atoms with Crippen LogP contribution < -0.4 is 5.32 Å². The fraction of sp³-hybridized carbons (Fsp3) is 0.462. The maximum atomic E-state index is 11.8. The summed E-state index contributed by atoms with van der Waals surface area (Å²) >= 11 is 5.74. The van der Waals surface area contributed by atoms with Gasteiger partial charge in [-0.3, -0.25) is 4.79 Å². The Bertz CT molecular complexity index is 398. The van der Waals surface area contributed by atoms with E-state index in [2.05, 4.69) is 5.32 Å². The van der Waals surface area contributed by atoms with Crippen molar-refractivity contribution in [1.29, 1.82) is 0 Å². The van der Waals surface area contributed by atoms with Crippen LogP contribution >= 0.6 is 11.6 Å². The summed E-state index contributed by atoms with van der Waals surface area (Å²) in [5.41, 5.74) is 0.818. The van der Waals surface area contributed by atoms with E-state index in [4.69, 9.17) is 16.7 Å². The molecule has 1 fully saturated rings. The van der Waals surface area contributed by atoms with Gasteiger partial charge in [-0.1, -0.05) is 0 Å². The van der Waals surface area contributed by atoms with E-state index in [0.29, 0.717) is 18.0 Å². The second-order valence-corrected chi connectivity index (χ2v) is 5.05. The van der Waals surface area contributed by atoms with E-state index in [1.54, 1.807) is 12.1 Å². The van der Waals surface area contributed by atoms with Crippen LogP contribution in [-0.2, 0) is 0 Å². The van der Waals surface area contributed by atoms with Gasteiger partial charge in [0.15, 0.2) is 0 Å². The maximum Gasteiger partial charge on any atom is 0.251 e. The van der Waals surface area contributed by atoms with E-state index in [0.717, 1.165) is 19.3 Å². The zero-order valence-electron chi connectivity index (χ0n) is 9.58. The van der Waals surface area contributed by atoms with Crippen molar-refractivity contribution < 1.29 is 9.90 Å². The van der Waals surface area contributed by atoms with Gasteiger partial charge in [0, 0.05) is 18.0 Å². The maximum absolute atomic E-state index is 11.8. The molecule has 17 heavy (non-hydrogen) atoms. The average molecular weight is 254 g/mol. The molecule has 3 nitrogen and oxygen atoms in total. The van der Waals surface area contributed by atoms with Gasteiger partial charge in [-0.2, -0.15) is 0 Å². The Labute approximate surface area is 106 Å². The Hall–Kier alpha value is -1.22. The Morgan fingerprint density at radius 1 is 1.35 bits per heavy atom. The van der Waals surface area contributed by atoms with Crippen LogP contribution in [-0.4, -0.2) is 23.4 Å². The van der Waals surface area contributed by atoms with Crippen molar-refractivity contribution in [1.82, 2.24) is 5.32 Å². The van der Waals surface area contributed by atoms with E-state index in [9.17, 15) is 4.79 Å². The van der Waals surface area contributed by atoms with Gasteiger partial charge in [-0.25, -0.2) is 0 Å².